The summed E-state index contributed by atoms with van der Waals surface area (Å²) in [6.45, 7) is 4.16. The van der Waals surface area contributed by atoms with Crippen LogP contribution < -0.4 is 5.48 Å². The fourth-order valence-corrected chi connectivity index (χ4v) is 2.64. The number of likely N-dealkylation sites (tertiary alicyclic amines) is 1. The summed E-state index contributed by atoms with van der Waals surface area (Å²) in [5.74, 6) is 0.119. The van der Waals surface area contributed by atoms with Gasteiger partial charge in [0, 0.05) is 6.54 Å². The molecule has 116 valence electrons. The molecule has 5 heteroatoms. The van der Waals surface area contributed by atoms with Crippen LogP contribution in [0, 0.1) is 5.92 Å². The highest BCUT2D eigenvalue weighted by molar-refractivity contribution is 5.76. The molecule has 1 saturated heterocycles. The maximum Gasteiger partial charge on any atom is 0.257 e. The van der Waals surface area contributed by atoms with Gasteiger partial charge in [-0.25, -0.2) is 5.48 Å². The molecule has 2 N–H and O–H groups in total. The topological polar surface area (TPSA) is 61.8 Å². The molecule has 0 aromatic heterocycles. The summed E-state index contributed by atoms with van der Waals surface area (Å²) >= 11 is 0. The zero-order valence-corrected chi connectivity index (χ0v) is 12.5. The van der Waals surface area contributed by atoms with Gasteiger partial charge in [-0.2, -0.15) is 0 Å². The fourth-order valence-electron chi connectivity index (χ4n) is 2.64. The van der Waals surface area contributed by atoms with Crippen molar-refractivity contribution in [3.8, 4) is 0 Å². The standard InChI is InChI=1S/C16H24N2O3/c1-13(19)15-8-5-9-18(10-15)11-16(20)17-21-12-14-6-3-2-4-7-14/h2-4,6-7,13,15,19H,5,8-12H2,1H3,(H,17,20). The summed E-state index contributed by atoms with van der Waals surface area (Å²) in [6.07, 6.45) is 1.73. The van der Waals surface area contributed by atoms with E-state index in [-0.39, 0.29) is 17.9 Å². The normalized spacial score (nSPS) is 21.0. The van der Waals surface area contributed by atoms with E-state index in [4.69, 9.17) is 4.84 Å². The largest absolute Gasteiger partial charge is 0.393 e. The second kappa shape index (κ2) is 8.12. The van der Waals surface area contributed by atoms with Crippen molar-refractivity contribution in [2.24, 2.45) is 5.92 Å². The molecule has 2 unspecified atom stereocenters. The first-order valence-electron chi connectivity index (χ1n) is 7.50. The van der Waals surface area contributed by atoms with Gasteiger partial charge in [-0.15, -0.1) is 0 Å². The number of rotatable bonds is 6. The lowest BCUT2D eigenvalue weighted by atomic mass is 9.93. The van der Waals surface area contributed by atoms with Crippen molar-refractivity contribution in [3.05, 3.63) is 35.9 Å². The van der Waals surface area contributed by atoms with Gasteiger partial charge in [0.2, 0.25) is 0 Å². The van der Waals surface area contributed by atoms with E-state index in [0.29, 0.717) is 13.2 Å². The van der Waals surface area contributed by atoms with Crippen LogP contribution in [0.3, 0.4) is 0 Å². The van der Waals surface area contributed by atoms with E-state index >= 15 is 0 Å². The molecule has 1 aromatic rings. The highest BCUT2D eigenvalue weighted by Gasteiger charge is 2.24. The number of aliphatic hydroxyl groups excluding tert-OH is 1. The Hall–Kier alpha value is -1.43. The van der Waals surface area contributed by atoms with Crippen LogP contribution in [0.5, 0.6) is 0 Å². The van der Waals surface area contributed by atoms with E-state index in [9.17, 15) is 9.90 Å². The van der Waals surface area contributed by atoms with E-state index in [1.807, 2.05) is 37.3 Å². The molecule has 1 fully saturated rings. The zero-order chi connectivity index (χ0) is 15.1. The van der Waals surface area contributed by atoms with Crippen molar-refractivity contribution >= 4 is 5.91 Å². The van der Waals surface area contributed by atoms with Crippen LogP contribution in [0.25, 0.3) is 0 Å². The molecule has 21 heavy (non-hydrogen) atoms. The van der Waals surface area contributed by atoms with E-state index < -0.39 is 0 Å². The molecule has 0 saturated carbocycles. The molecule has 5 nitrogen and oxygen atoms in total. The van der Waals surface area contributed by atoms with Gasteiger partial charge in [-0.3, -0.25) is 14.5 Å². The Morgan fingerprint density at radius 1 is 1.48 bits per heavy atom. The monoisotopic (exact) mass is 292 g/mol. The molecule has 2 rings (SSSR count). The number of hydrogen-bond acceptors (Lipinski definition) is 4. The van der Waals surface area contributed by atoms with Gasteiger partial charge in [0.05, 0.1) is 19.3 Å². The van der Waals surface area contributed by atoms with Crippen molar-refractivity contribution in [1.82, 2.24) is 10.4 Å². The molecule has 2 atom stereocenters. The molecule has 0 radical (unpaired) electrons. The summed E-state index contributed by atoms with van der Waals surface area (Å²) in [7, 11) is 0. The smallest absolute Gasteiger partial charge is 0.257 e. The van der Waals surface area contributed by atoms with Crippen LogP contribution in [0.2, 0.25) is 0 Å². The second-order valence-corrected chi connectivity index (χ2v) is 5.68. The lowest BCUT2D eigenvalue weighted by Crippen LogP contribution is -2.44. The second-order valence-electron chi connectivity index (χ2n) is 5.68. The maximum atomic E-state index is 11.8. The minimum atomic E-state index is -0.315. The van der Waals surface area contributed by atoms with Crippen molar-refractivity contribution < 1.29 is 14.7 Å². The third-order valence-corrected chi connectivity index (χ3v) is 3.86. The molecule has 0 spiro atoms. The van der Waals surface area contributed by atoms with Crippen LogP contribution >= 0.6 is 0 Å². The van der Waals surface area contributed by atoms with Gasteiger partial charge >= 0.3 is 0 Å². The van der Waals surface area contributed by atoms with Crippen LogP contribution in [0.4, 0.5) is 0 Å². The summed E-state index contributed by atoms with van der Waals surface area (Å²) in [6, 6.07) is 9.71. The molecule has 1 aliphatic rings. The molecule has 1 aromatic carbocycles. The highest BCUT2D eigenvalue weighted by atomic mass is 16.6. The minimum absolute atomic E-state index is 0.142. The summed E-state index contributed by atoms with van der Waals surface area (Å²) < 4.78 is 0. The Morgan fingerprint density at radius 3 is 2.95 bits per heavy atom. The number of piperidine rings is 1. The molecule has 0 aliphatic carbocycles. The van der Waals surface area contributed by atoms with E-state index in [2.05, 4.69) is 10.4 Å². The average molecular weight is 292 g/mol. The third kappa shape index (κ3) is 5.46. The molecular weight excluding hydrogens is 268 g/mol. The first-order valence-corrected chi connectivity index (χ1v) is 7.50. The average Bonchev–Trinajstić information content (AvgIpc) is 2.48. The number of hydrogen-bond donors (Lipinski definition) is 2. The molecule has 1 amide bonds. The number of carbonyl (C=O) groups excluding carboxylic acids is 1. The molecule has 1 heterocycles. The number of amides is 1. The number of nitrogens with one attached hydrogen (secondary N) is 1. The van der Waals surface area contributed by atoms with Gasteiger partial charge in [-0.1, -0.05) is 30.3 Å². The van der Waals surface area contributed by atoms with Crippen molar-refractivity contribution in [1.29, 1.82) is 0 Å². The Morgan fingerprint density at radius 2 is 2.24 bits per heavy atom. The van der Waals surface area contributed by atoms with E-state index in [0.717, 1.165) is 31.5 Å². The van der Waals surface area contributed by atoms with Crippen molar-refractivity contribution in [3.63, 3.8) is 0 Å². The summed E-state index contributed by atoms with van der Waals surface area (Å²) in [4.78, 5) is 19.1. The Bertz CT molecular complexity index is 436. The summed E-state index contributed by atoms with van der Waals surface area (Å²) in [5.41, 5.74) is 3.50. The lowest BCUT2D eigenvalue weighted by molar-refractivity contribution is -0.136. The fraction of sp³-hybridized carbons (Fsp3) is 0.562. The number of benzene rings is 1. The Balaban J connectivity index is 1.67. The minimum Gasteiger partial charge on any atom is -0.393 e. The van der Waals surface area contributed by atoms with Crippen LogP contribution in [-0.4, -0.2) is 41.7 Å². The van der Waals surface area contributed by atoms with Gasteiger partial charge in [0.15, 0.2) is 0 Å². The van der Waals surface area contributed by atoms with Gasteiger partial charge in [0.25, 0.3) is 5.91 Å². The van der Waals surface area contributed by atoms with Gasteiger partial charge in [0.1, 0.15) is 0 Å². The van der Waals surface area contributed by atoms with Gasteiger partial charge in [-0.05, 0) is 37.8 Å². The quantitative estimate of drug-likeness (QED) is 0.777. The van der Waals surface area contributed by atoms with Crippen LogP contribution in [0.15, 0.2) is 30.3 Å². The number of aliphatic hydroxyl groups is 1. The van der Waals surface area contributed by atoms with Crippen LogP contribution in [0.1, 0.15) is 25.3 Å². The maximum absolute atomic E-state index is 11.8. The molecule has 1 aliphatic heterocycles. The van der Waals surface area contributed by atoms with Crippen LogP contribution in [-0.2, 0) is 16.2 Å². The first-order chi connectivity index (χ1) is 10.1. The number of hydroxylamine groups is 1. The van der Waals surface area contributed by atoms with Crippen molar-refractivity contribution in [2.75, 3.05) is 19.6 Å². The Kier molecular flexibility index (Phi) is 6.17. The van der Waals surface area contributed by atoms with E-state index in [1.165, 1.54) is 0 Å². The third-order valence-electron chi connectivity index (χ3n) is 3.86. The first kappa shape index (κ1) is 15.9. The summed E-state index contributed by atoms with van der Waals surface area (Å²) in [5, 5.41) is 9.64. The zero-order valence-electron chi connectivity index (χ0n) is 12.5. The van der Waals surface area contributed by atoms with E-state index in [1.54, 1.807) is 0 Å². The van der Waals surface area contributed by atoms with Crippen molar-refractivity contribution in [2.45, 2.75) is 32.5 Å². The molecule has 0 bridgehead atoms. The predicted octanol–water partition coefficient (Wildman–Crippen LogP) is 1.33. The number of nitrogens with zero attached hydrogens (tertiary/aromatic N) is 1. The highest BCUT2D eigenvalue weighted by Crippen LogP contribution is 2.19. The van der Waals surface area contributed by atoms with Gasteiger partial charge < -0.3 is 5.11 Å². The lowest BCUT2D eigenvalue weighted by Gasteiger charge is -2.33. The number of carbonyl (C=O) groups is 1. The molecular formula is C16H24N2O3. The SMILES string of the molecule is CC(O)C1CCCN(CC(=O)NOCc2ccccc2)C1. The Labute approximate surface area is 125 Å². The predicted molar refractivity (Wildman–Crippen MR) is 80.2 cm³/mol.